The Hall–Kier alpha value is -1.41. The monoisotopic (exact) mass is 290 g/mol. The zero-order chi connectivity index (χ0) is 15.9. The minimum absolute atomic E-state index is 0.109. The fraction of sp³-hybridized carbons (Fsp3) is 0.588. The van der Waals surface area contributed by atoms with Gasteiger partial charge >= 0.3 is 0 Å². The number of nitrogens with one attached hydrogen (secondary N) is 1. The van der Waals surface area contributed by atoms with Gasteiger partial charge in [-0.3, -0.25) is 0 Å². The molecule has 0 bridgehead atoms. The van der Waals surface area contributed by atoms with Gasteiger partial charge in [-0.15, -0.1) is 0 Å². The lowest BCUT2D eigenvalue weighted by Gasteiger charge is -2.31. The van der Waals surface area contributed by atoms with Crippen molar-refractivity contribution in [1.82, 2.24) is 5.32 Å². The maximum absolute atomic E-state index is 9.34. The van der Waals surface area contributed by atoms with Crippen molar-refractivity contribution >= 4 is 0 Å². The Morgan fingerprint density at radius 3 is 2.52 bits per heavy atom. The molecule has 0 aliphatic rings. The third-order valence-electron chi connectivity index (χ3n) is 3.80. The summed E-state index contributed by atoms with van der Waals surface area (Å²) >= 11 is 0. The SMILES string of the molecule is COCC(C)(CCO)NCc1ccccc1C(C)(C)C#N. The van der Waals surface area contributed by atoms with Gasteiger partial charge in [0.25, 0.3) is 0 Å². The summed E-state index contributed by atoms with van der Waals surface area (Å²) in [7, 11) is 1.66. The van der Waals surface area contributed by atoms with E-state index in [1.54, 1.807) is 7.11 Å². The van der Waals surface area contributed by atoms with Crippen LogP contribution in [0.5, 0.6) is 0 Å². The number of hydrogen-bond acceptors (Lipinski definition) is 4. The van der Waals surface area contributed by atoms with E-state index in [0.29, 0.717) is 19.6 Å². The number of aliphatic hydroxyl groups is 1. The molecule has 0 saturated carbocycles. The lowest BCUT2D eigenvalue weighted by Crippen LogP contribution is -2.46. The lowest BCUT2D eigenvalue weighted by atomic mass is 9.83. The van der Waals surface area contributed by atoms with Crippen LogP contribution in [-0.4, -0.2) is 31.0 Å². The molecule has 21 heavy (non-hydrogen) atoms. The van der Waals surface area contributed by atoms with E-state index in [1.165, 1.54) is 0 Å². The Balaban J connectivity index is 2.91. The van der Waals surface area contributed by atoms with Gasteiger partial charge in [0.2, 0.25) is 0 Å². The second-order valence-corrected chi connectivity index (χ2v) is 6.21. The molecule has 116 valence electrons. The summed E-state index contributed by atoms with van der Waals surface area (Å²) in [6.45, 7) is 7.16. The molecule has 0 aliphatic heterocycles. The lowest BCUT2D eigenvalue weighted by molar-refractivity contribution is 0.0969. The summed E-state index contributed by atoms with van der Waals surface area (Å²) in [5.41, 5.74) is 1.33. The van der Waals surface area contributed by atoms with Gasteiger partial charge in [-0.25, -0.2) is 0 Å². The van der Waals surface area contributed by atoms with E-state index in [9.17, 15) is 10.4 Å². The van der Waals surface area contributed by atoms with Crippen molar-refractivity contribution in [2.75, 3.05) is 20.3 Å². The third-order valence-corrected chi connectivity index (χ3v) is 3.80. The van der Waals surface area contributed by atoms with Crippen molar-refractivity contribution in [3.63, 3.8) is 0 Å². The minimum Gasteiger partial charge on any atom is -0.396 e. The highest BCUT2D eigenvalue weighted by Crippen LogP contribution is 2.26. The van der Waals surface area contributed by atoms with Crippen LogP contribution in [0.1, 0.15) is 38.3 Å². The summed E-state index contributed by atoms with van der Waals surface area (Å²) in [5, 5.41) is 22.0. The van der Waals surface area contributed by atoms with Crippen molar-refractivity contribution in [3.8, 4) is 6.07 Å². The number of methoxy groups -OCH3 is 1. The Labute approximate surface area is 127 Å². The predicted octanol–water partition coefficient (Wildman–Crippen LogP) is 2.36. The largest absolute Gasteiger partial charge is 0.396 e. The number of nitriles is 1. The first-order chi connectivity index (χ1) is 9.88. The van der Waals surface area contributed by atoms with Crippen LogP contribution >= 0.6 is 0 Å². The molecule has 0 fully saturated rings. The highest BCUT2D eigenvalue weighted by atomic mass is 16.5. The van der Waals surface area contributed by atoms with Crippen LogP contribution in [0.2, 0.25) is 0 Å². The van der Waals surface area contributed by atoms with Gasteiger partial charge < -0.3 is 15.2 Å². The third kappa shape index (κ3) is 4.82. The van der Waals surface area contributed by atoms with Crippen molar-refractivity contribution in [2.45, 2.75) is 44.7 Å². The number of benzene rings is 1. The molecule has 0 spiro atoms. The summed E-state index contributed by atoms with van der Waals surface area (Å²) in [4.78, 5) is 0. The molecule has 0 heterocycles. The maximum atomic E-state index is 9.34. The van der Waals surface area contributed by atoms with Crippen LogP contribution < -0.4 is 5.32 Å². The molecule has 4 heteroatoms. The zero-order valence-electron chi connectivity index (χ0n) is 13.4. The number of nitrogens with zero attached hydrogens (tertiary/aromatic N) is 1. The molecule has 1 unspecified atom stereocenters. The van der Waals surface area contributed by atoms with Crippen molar-refractivity contribution in [1.29, 1.82) is 5.26 Å². The molecule has 1 rings (SSSR count). The van der Waals surface area contributed by atoms with Gasteiger partial charge in [-0.1, -0.05) is 24.3 Å². The minimum atomic E-state index is -0.521. The van der Waals surface area contributed by atoms with Crippen LogP contribution in [0.4, 0.5) is 0 Å². The van der Waals surface area contributed by atoms with Crippen LogP contribution in [-0.2, 0) is 16.7 Å². The van der Waals surface area contributed by atoms with E-state index in [0.717, 1.165) is 11.1 Å². The average molecular weight is 290 g/mol. The number of ether oxygens (including phenoxy) is 1. The second kappa shape index (κ2) is 7.56. The molecule has 1 aromatic rings. The Kier molecular flexibility index (Phi) is 6.35. The van der Waals surface area contributed by atoms with Gasteiger partial charge in [0.15, 0.2) is 0 Å². The Morgan fingerprint density at radius 2 is 1.95 bits per heavy atom. The molecule has 1 atom stereocenters. The number of aliphatic hydroxyl groups excluding tert-OH is 1. The molecule has 0 aromatic heterocycles. The Bertz CT molecular complexity index is 486. The molecule has 0 amide bonds. The molecule has 0 aliphatic carbocycles. The molecular formula is C17H26N2O2. The van der Waals surface area contributed by atoms with Gasteiger partial charge in [0.1, 0.15) is 0 Å². The first kappa shape index (κ1) is 17.6. The summed E-state index contributed by atoms with van der Waals surface area (Å²) in [6, 6.07) is 10.3. The zero-order valence-corrected chi connectivity index (χ0v) is 13.4. The van der Waals surface area contributed by atoms with Gasteiger partial charge in [-0.05, 0) is 38.3 Å². The van der Waals surface area contributed by atoms with Crippen molar-refractivity contribution in [3.05, 3.63) is 35.4 Å². The van der Waals surface area contributed by atoms with Crippen LogP contribution in [0.25, 0.3) is 0 Å². The van der Waals surface area contributed by atoms with Crippen molar-refractivity contribution in [2.24, 2.45) is 0 Å². The summed E-state index contributed by atoms with van der Waals surface area (Å²) < 4.78 is 5.24. The van der Waals surface area contributed by atoms with E-state index in [1.807, 2.05) is 45.0 Å². The highest BCUT2D eigenvalue weighted by Gasteiger charge is 2.26. The smallest absolute Gasteiger partial charge is 0.0769 e. The number of hydrogen-bond donors (Lipinski definition) is 2. The molecule has 0 radical (unpaired) electrons. The molecule has 0 saturated heterocycles. The molecular weight excluding hydrogens is 264 g/mol. The fourth-order valence-corrected chi connectivity index (χ4v) is 2.43. The molecule has 1 aromatic carbocycles. The quantitative estimate of drug-likeness (QED) is 0.771. The molecule has 4 nitrogen and oxygen atoms in total. The van der Waals surface area contributed by atoms with E-state index in [4.69, 9.17) is 4.74 Å². The van der Waals surface area contributed by atoms with E-state index in [2.05, 4.69) is 11.4 Å². The molecule has 2 N–H and O–H groups in total. The topological polar surface area (TPSA) is 65.3 Å². The van der Waals surface area contributed by atoms with Crippen LogP contribution in [0, 0.1) is 11.3 Å². The van der Waals surface area contributed by atoms with E-state index in [-0.39, 0.29) is 12.1 Å². The first-order valence-electron chi connectivity index (χ1n) is 7.23. The maximum Gasteiger partial charge on any atom is 0.0769 e. The van der Waals surface area contributed by atoms with E-state index < -0.39 is 5.41 Å². The average Bonchev–Trinajstić information content (AvgIpc) is 2.46. The normalized spacial score (nSPS) is 14.5. The summed E-state index contributed by atoms with van der Waals surface area (Å²) in [5.74, 6) is 0. The second-order valence-electron chi connectivity index (χ2n) is 6.21. The van der Waals surface area contributed by atoms with Crippen molar-refractivity contribution < 1.29 is 9.84 Å². The predicted molar refractivity (Wildman–Crippen MR) is 83.9 cm³/mol. The Morgan fingerprint density at radius 1 is 1.29 bits per heavy atom. The van der Waals surface area contributed by atoms with Gasteiger partial charge in [-0.2, -0.15) is 5.26 Å². The summed E-state index contributed by atoms with van der Waals surface area (Å²) in [6.07, 6.45) is 0.616. The van der Waals surface area contributed by atoms with Crippen LogP contribution in [0.3, 0.4) is 0 Å². The van der Waals surface area contributed by atoms with Crippen LogP contribution in [0.15, 0.2) is 24.3 Å². The van der Waals surface area contributed by atoms with Gasteiger partial charge in [0.05, 0.1) is 18.1 Å². The first-order valence-corrected chi connectivity index (χ1v) is 7.23. The fourth-order valence-electron chi connectivity index (χ4n) is 2.43. The highest BCUT2D eigenvalue weighted by molar-refractivity contribution is 5.37. The number of rotatable bonds is 8. The van der Waals surface area contributed by atoms with Gasteiger partial charge in [0, 0.05) is 25.8 Å². The standard InChI is InChI=1S/C17H26N2O2/c1-16(2,12-18)15-8-6-5-7-14(15)11-19-17(3,9-10-20)13-21-4/h5-8,19-20H,9-11,13H2,1-4H3. The van der Waals surface area contributed by atoms with E-state index >= 15 is 0 Å².